The molecule has 0 aliphatic carbocycles. The van der Waals surface area contributed by atoms with Crippen molar-refractivity contribution >= 4 is 21.1 Å². The van der Waals surface area contributed by atoms with Gasteiger partial charge in [-0.05, 0) is 30.7 Å². The predicted molar refractivity (Wildman–Crippen MR) is 107 cm³/mol. The monoisotopic (exact) mass is 385 g/mol. The lowest BCUT2D eigenvalue weighted by atomic mass is 10.1. The van der Waals surface area contributed by atoms with Gasteiger partial charge in [0.25, 0.3) is 0 Å². The van der Waals surface area contributed by atoms with Gasteiger partial charge in [0.05, 0.1) is 15.9 Å². The van der Waals surface area contributed by atoms with Crippen molar-refractivity contribution in [3.05, 3.63) is 76.7 Å². The minimum absolute atomic E-state index is 0.158. The van der Waals surface area contributed by atoms with Gasteiger partial charge in [0, 0.05) is 27.2 Å². The third-order valence-electron chi connectivity index (χ3n) is 4.69. The second kappa shape index (κ2) is 7.17. The topological polar surface area (TPSA) is 64.3 Å². The quantitative estimate of drug-likeness (QED) is 0.613. The Labute approximate surface area is 159 Å². The Balaban J connectivity index is 2.04. The molecule has 6 nitrogen and oxygen atoms in total. The first-order valence-electron chi connectivity index (χ1n) is 8.57. The third-order valence-corrected chi connectivity index (χ3v) is 6.50. The van der Waals surface area contributed by atoms with E-state index in [1.165, 1.54) is 13.4 Å². The molecule has 0 saturated carbocycles. The highest BCUT2D eigenvalue weighted by atomic mass is 32.2. The van der Waals surface area contributed by atoms with E-state index < -0.39 is 10.0 Å². The number of fused-ring (bicyclic) bond motifs is 1. The molecule has 7 heteroatoms. The lowest BCUT2D eigenvalue weighted by Gasteiger charge is -2.21. The predicted octanol–water partition coefficient (Wildman–Crippen LogP) is 2.56. The van der Waals surface area contributed by atoms with E-state index in [0.29, 0.717) is 11.0 Å². The van der Waals surface area contributed by atoms with Crippen LogP contribution in [0.2, 0.25) is 0 Å². The average molecular weight is 385 g/mol. The summed E-state index contributed by atoms with van der Waals surface area (Å²) in [5.41, 5.74) is 3.10. The number of imidazole rings is 1. The van der Waals surface area contributed by atoms with Crippen LogP contribution < -0.4 is 5.69 Å². The summed E-state index contributed by atoms with van der Waals surface area (Å²) in [7, 11) is -0.445. The van der Waals surface area contributed by atoms with Crippen molar-refractivity contribution in [2.75, 3.05) is 6.54 Å². The summed E-state index contributed by atoms with van der Waals surface area (Å²) in [5, 5.41) is 0. The van der Waals surface area contributed by atoms with Crippen LogP contribution in [-0.4, -0.2) is 28.4 Å². The first-order chi connectivity index (χ1) is 12.8. The van der Waals surface area contributed by atoms with E-state index in [-0.39, 0.29) is 23.7 Å². The van der Waals surface area contributed by atoms with Crippen LogP contribution in [0.5, 0.6) is 0 Å². The molecule has 0 spiro atoms. The molecule has 0 aliphatic rings. The number of benzene rings is 2. The maximum atomic E-state index is 13.2. The Kier molecular flexibility index (Phi) is 5.08. The van der Waals surface area contributed by atoms with Crippen molar-refractivity contribution < 1.29 is 8.42 Å². The van der Waals surface area contributed by atoms with Crippen LogP contribution in [-0.2, 0) is 30.7 Å². The second-order valence-electron chi connectivity index (χ2n) is 6.62. The van der Waals surface area contributed by atoms with Crippen LogP contribution in [0.25, 0.3) is 11.0 Å². The molecule has 3 aromatic rings. The highest BCUT2D eigenvalue weighted by Gasteiger charge is 2.25. The fourth-order valence-electron chi connectivity index (χ4n) is 3.08. The number of hydrogen-bond donors (Lipinski definition) is 0. The first-order valence-corrected chi connectivity index (χ1v) is 10.0. The van der Waals surface area contributed by atoms with E-state index in [1.807, 2.05) is 31.2 Å². The zero-order valence-electron chi connectivity index (χ0n) is 15.7. The van der Waals surface area contributed by atoms with Crippen molar-refractivity contribution in [3.63, 3.8) is 0 Å². The number of hydrogen-bond acceptors (Lipinski definition) is 3. The molecule has 2 aromatic carbocycles. The van der Waals surface area contributed by atoms with E-state index >= 15 is 0 Å². The van der Waals surface area contributed by atoms with E-state index in [0.717, 1.165) is 11.1 Å². The summed E-state index contributed by atoms with van der Waals surface area (Å²) >= 11 is 0. The molecule has 1 heterocycles. The van der Waals surface area contributed by atoms with Crippen molar-refractivity contribution in [2.45, 2.75) is 18.4 Å². The van der Waals surface area contributed by atoms with E-state index in [2.05, 4.69) is 6.58 Å². The highest BCUT2D eigenvalue weighted by Crippen LogP contribution is 2.22. The fourth-order valence-corrected chi connectivity index (χ4v) is 4.50. The zero-order chi connectivity index (χ0) is 19.8. The van der Waals surface area contributed by atoms with Gasteiger partial charge in [0.15, 0.2) is 0 Å². The normalized spacial score (nSPS) is 12.0. The van der Waals surface area contributed by atoms with Gasteiger partial charge in [-0.2, -0.15) is 4.31 Å². The van der Waals surface area contributed by atoms with Crippen molar-refractivity contribution in [1.29, 1.82) is 0 Å². The van der Waals surface area contributed by atoms with Gasteiger partial charge < -0.3 is 0 Å². The minimum atomic E-state index is -3.75. The lowest BCUT2D eigenvalue weighted by Crippen LogP contribution is -2.30. The fraction of sp³-hybridized carbons (Fsp3) is 0.250. The average Bonchev–Trinajstić information content (AvgIpc) is 2.87. The Morgan fingerprint density at radius 1 is 1.04 bits per heavy atom. The van der Waals surface area contributed by atoms with Gasteiger partial charge in [-0.3, -0.25) is 9.13 Å². The molecule has 1 aromatic heterocycles. The molecule has 3 rings (SSSR count). The lowest BCUT2D eigenvalue weighted by molar-refractivity contribution is 0.438. The SMILES string of the molecule is C=CCN(Cc1ccc(C)cc1)S(=O)(=O)c1ccc2c(c1)n(C)c(=O)n2C. The number of nitrogens with zero attached hydrogens (tertiary/aromatic N) is 3. The second-order valence-corrected chi connectivity index (χ2v) is 8.56. The molecule has 0 N–H and O–H groups in total. The molecule has 0 radical (unpaired) electrons. The van der Waals surface area contributed by atoms with Gasteiger partial charge >= 0.3 is 5.69 Å². The molecule has 0 unspecified atom stereocenters. The van der Waals surface area contributed by atoms with Crippen LogP contribution in [0, 0.1) is 6.92 Å². The van der Waals surface area contributed by atoms with Crippen molar-refractivity contribution in [1.82, 2.24) is 13.4 Å². The van der Waals surface area contributed by atoms with Crippen LogP contribution in [0.3, 0.4) is 0 Å². The summed E-state index contributed by atoms with van der Waals surface area (Å²) in [6.07, 6.45) is 1.57. The molecule has 0 bridgehead atoms. The molecular weight excluding hydrogens is 362 g/mol. The van der Waals surface area contributed by atoms with Gasteiger partial charge in [0.1, 0.15) is 0 Å². The molecular formula is C20H23N3O3S. The molecule has 142 valence electrons. The summed E-state index contributed by atoms with van der Waals surface area (Å²) in [6, 6.07) is 12.5. The van der Waals surface area contributed by atoms with Gasteiger partial charge in [-0.25, -0.2) is 13.2 Å². The number of aryl methyl sites for hydroxylation is 3. The van der Waals surface area contributed by atoms with Crippen molar-refractivity contribution in [2.24, 2.45) is 14.1 Å². The largest absolute Gasteiger partial charge is 0.328 e. The third kappa shape index (κ3) is 3.48. The highest BCUT2D eigenvalue weighted by molar-refractivity contribution is 7.89. The van der Waals surface area contributed by atoms with Gasteiger partial charge in [-0.15, -0.1) is 6.58 Å². The van der Waals surface area contributed by atoms with Crippen LogP contribution in [0.15, 0.2) is 64.8 Å². The Morgan fingerprint density at radius 3 is 2.30 bits per heavy atom. The Hall–Kier alpha value is -2.64. The first kappa shape index (κ1) is 19.1. The maximum Gasteiger partial charge on any atom is 0.328 e. The maximum absolute atomic E-state index is 13.2. The summed E-state index contributed by atoms with van der Waals surface area (Å²) < 4.78 is 30.8. The van der Waals surface area contributed by atoms with Crippen molar-refractivity contribution in [3.8, 4) is 0 Å². The smallest absolute Gasteiger partial charge is 0.295 e. The van der Waals surface area contributed by atoms with E-state index in [4.69, 9.17) is 0 Å². The Bertz CT molecular complexity index is 1160. The number of rotatable bonds is 6. The molecule has 0 atom stereocenters. The number of sulfonamides is 1. The summed E-state index contributed by atoms with van der Waals surface area (Å²) in [6.45, 7) is 6.12. The van der Waals surface area contributed by atoms with Gasteiger partial charge in [-0.1, -0.05) is 35.9 Å². The Morgan fingerprint density at radius 2 is 1.67 bits per heavy atom. The zero-order valence-corrected chi connectivity index (χ0v) is 16.5. The summed E-state index contributed by atoms with van der Waals surface area (Å²) in [4.78, 5) is 12.3. The standard InChI is InChI=1S/C20H23N3O3S/c1-5-12-23(14-16-8-6-15(2)7-9-16)27(25,26)17-10-11-18-19(13-17)22(4)20(24)21(18)3/h5-11,13H,1,12,14H2,2-4H3. The van der Waals surface area contributed by atoms with Crippen LogP contribution in [0.4, 0.5) is 0 Å². The van der Waals surface area contributed by atoms with Crippen LogP contribution in [0.1, 0.15) is 11.1 Å². The van der Waals surface area contributed by atoms with E-state index in [1.54, 1.807) is 38.4 Å². The molecule has 0 aliphatic heterocycles. The molecule has 0 fully saturated rings. The van der Waals surface area contributed by atoms with Gasteiger partial charge in [0.2, 0.25) is 10.0 Å². The summed E-state index contributed by atoms with van der Waals surface area (Å²) in [5.74, 6) is 0. The number of aromatic nitrogens is 2. The minimum Gasteiger partial charge on any atom is -0.295 e. The van der Waals surface area contributed by atoms with Crippen LogP contribution >= 0.6 is 0 Å². The molecule has 27 heavy (non-hydrogen) atoms. The molecule has 0 saturated heterocycles. The van der Waals surface area contributed by atoms with E-state index in [9.17, 15) is 13.2 Å². The molecule has 0 amide bonds.